The molecule has 1 heterocycles. The Labute approximate surface area is 71.3 Å². The van der Waals surface area contributed by atoms with E-state index in [4.69, 9.17) is 0 Å². The van der Waals surface area contributed by atoms with Gasteiger partial charge in [0.05, 0.1) is 16.7 Å². The summed E-state index contributed by atoms with van der Waals surface area (Å²) in [7, 11) is 0. The van der Waals surface area contributed by atoms with Crippen LogP contribution in [0.1, 0.15) is 11.3 Å². The Morgan fingerprint density at radius 1 is 1.25 bits per heavy atom. The number of para-hydroxylation sites is 1. The molecule has 1 aromatic heterocycles. The molecule has 0 aliphatic rings. The topological polar surface area (TPSA) is 25.8 Å². The molecular formula is C10H9N2. The summed E-state index contributed by atoms with van der Waals surface area (Å²) in [4.78, 5) is 8.51. The zero-order valence-corrected chi connectivity index (χ0v) is 7.13. The fraction of sp³-hybridized carbons (Fsp3) is 0.200. The summed E-state index contributed by atoms with van der Waals surface area (Å²) in [6, 6.07) is 5.99. The van der Waals surface area contributed by atoms with Crippen LogP contribution in [0.2, 0.25) is 0 Å². The van der Waals surface area contributed by atoms with Crippen LogP contribution in [-0.4, -0.2) is 9.97 Å². The third-order valence-corrected chi connectivity index (χ3v) is 1.83. The maximum Gasteiger partial charge on any atom is 0.112 e. The average Bonchev–Trinajstić information content (AvgIpc) is 2.04. The van der Waals surface area contributed by atoms with Crippen molar-refractivity contribution < 1.29 is 0 Å². The molecule has 0 N–H and O–H groups in total. The van der Waals surface area contributed by atoms with Crippen molar-refractivity contribution in [3.05, 3.63) is 35.7 Å². The molecule has 1 radical (unpaired) electrons. The largest absolute Gasteiger partial charge is 0.249 e. The van der Waals surface area contributed by atoms with Gasteiger partial charge in [-0.3, -0.25) is 0 Å². The predicted molar refractivity (Wildman–Crippen MR) is 47.8 cm³/mol. The Balaban J connectivity index is 2.86. The zero-order chi connectivity index (χ0) is 8.55. The van der Waals surface area contributed by atoms with Gasteiger partial charge in [0.25, 0.3) is 0 Å². The monoisotopic (exact) mass is 157 g/mol. The summed E-state index contributed by atoms with van der Waals surface area (Å²) in [5, 5.41) is 0. The van der Waals surface area contributed by atoms with Gasteiger partial charge in [0, 0.05) is 0 Å². The van der Waals surface area contributed by atoms with E-state index in [0.29, 0.717) is 0 Å². The normalized spacial score (nSPS) is 10.5. The minimum atomic E-state index is 0.841. The highest BCUT2D eigenvalue weighted by atomic mass is 14.8. The van der Waals surface area contributed by atoms with Crippen molar-refractivity contribution in [1.82, 2.24) is 9.97 Å². The SMILES string of the molecule is Cc1[c]nc2c(C)cccc2n1. The van der Waals surface area contributed by atoms with Crippen molar-refractivity contribution in [3.8, 4) is 0 Å². The minimum absolute atomic E-state index is 0.841. The van der Waals surface area contributed by atoms with Crippen molar-refractivity contribution in [2.45, 2.75) is 13.8 Å². The molecule has 2 heteroatoms. The number of aromatic nitrogens is 2. The molecule has 12 heavy (non-hydrogen) atoms. The molecule has 0 spiro atoms. The number of nitrogens with zero attached hydrogens (tertiary/aromatic N) is 2. The lowest BCUT2D eigenvalue weighted by atomic mass is 10.2. The molecule has 0 bridgehead atoms. The highest BCUT2D eigenvalue weighted by Gasteiger charge is 1.98. The standard InChI is InChI=1S/C10H9N2/c1-7-4-3-5-9-10(7)11-6-8(2)12-9/h3-5H,1-2H3. The minimum Gasteiger partial charge on any atom is -0.249 e. The van der Waals surface area contributed by atoms with E-state index in [2.05, 4.69) is 16.2 Å². The number of aryl methyl sites for hydroxylation is 2. The van der Waals surface area contributed by atoms with E-state index in [1.54, 1.807) is 0 Å². The second-order valence-corrected chi connectivity index (χ2v) is 2.86. The third kappa shape index (κ3) is 1.05. The maximum atomic E-state index is 4.32. The van der Waals surface area contributed by atoms with Gasteiger partial charge in [-0.15, -0.1) is 0 Å². The van der Waals surface area contributed by atoms with Crippen LogP contribution in [0.25, 0.3) is 11.0 Å². The average molecular weight is 157 g/mol. The molecule has 0 saturated heterocycles. The third-order valence-electron chi connectivity index (χ3n) is 1.83. The molecular weight excluding hydrogens is 148 g/mol. The van der Waals surface area contributed by atoms with Crippen molar-refractivity contribution in [1.29, 1.82) is 0 Å². The van der Waals surface area contributed by atoms with E-state index >= 15 is 0 Å². The first-order chi connectivity index (χ1) is 5.77. The lowest BCUT2D eigenvalue weighted by Gasteiger charge is -1.99. The molecule has 0 fully saturated rings. The van der Waals surface area contributed by atoms with Gasteiger partial charge >= 0.3 is 0 Å². The second kappa shape index (κ2) is 2.55. The van der Waals surface area contributed by atoms with E-state index in [-0.39, 0.29) is 0 Å². The van der Waals surface area contributed by atoms with Gasteiger partial charge in [-0.1, -0.05) is 12.1 Å². The van der Waals surface area contributed by atoms with Gasteiger partial charge < -0.3 is 0 Å². The van der Waals surface area contributed by atoms with Crippen LogP contribution in [0.5, 0.6) is 0 Å². The fourth-order valence-electron chi connectivity index (χ4n) is 1.22. The Hall–Kier alpha value is -1.44. The second-order valence-electron chi connectivity index (χ2n) is 2.86. The molecule has 2 rings (SSSR count). The van der Waals surface area contributed by atoms with Gasteiger partial charge in [0.2, 0.25) is 0 Å². The lowest BCUT2D eigenvalue weighted by molar-refractivity contribution is 1.17. The van der Waals surface area contributed by atoms with Crippen molar-refractivity contribution in [2.24, 2.45) is 0 Å². The number of hydrogen-bond donors (Lipinski definition) is 0. The summed E-state index contributed by atoms with van der Waals surface area (Å²) in [6.07, 6.45) is 2.85. The first-order valence-corrected chi connectivity index (χ1v) is 3.89. The molecule has 2 nitrogen and oxygen atoms in total. The zero-order valence-electron chi connectivity index (χ0n) is 7.13. The van der Waals surface area contributed by atoms with Crippen LogP contribution in [0.3, 0.4) is 0 Å². The van der Waals surface area contributed by atoms with Crippen LogP contribution in [0, 0.1) is 20.0 Å². The molecule has 0 unspecified atom stereocenters. The van der Waals surface area contributed by atoms with Crippen LogP contribution in [-0.2, 0) is 0 Å². The molecule has 0 aliphatic heterocycles. The van der Waals surface area contributed by atoms with E-state index in [1.165, 1.54) is 0 Å². The van der Waals surface area contributed by atoms with Crippen LogP contribution < -0.4 is 0 Å². The smallest absolute Gasteiger partial charge is 0.112 e. The van der Waals surface area contributed by atoms with Crippen molar-refractivity contribution in [3.63, 3.8) is 0 Å². The number of fused-ring (bicyclic) bond motifs is 1. The van der Waals surface area contributed by atoms with Gasteiger partial charge in [-0.25, -0.2) is 9.97 Å². The molecule has 0 amide bonds. The molecule has 1 aromatic carbocycles. The summed E-state index contributed by atoms with van der Waals surface area (Å²) >= 11 is 0. The molecule has 2 aromatic rings. The number of rotatable bonds is 0. The van der Waals surface area contributed by atoms with Gasteiger partial charge in [-0.05, 0) is 25.5 Å². The van der Waals surface area contributed by atoms with Crippen LogP contribution in [0.4, 0.5) is 0 Å². The highest BCUT2D eigenvalue weighted by molar-refractivity contribution is 5.77. The van der Waals surface area contributed by atoms with Gasteiger partial charge in [-0.2, -0.15) is 0 Å². The number of benzene rings is 1. The van der Waals surface area contributed by atoms with Gasteiger partial charge in [0.15, 0.2) is 0 Å². The molecule has 59 valence electrons. The predicted octanol–water partition coefficient (Wildman–Crippen LogP) is 2.05. The van der Waals surface area contributed by atoms with Crippen molar-refractivity contribution >= 4 is 11.0 Å². The van der Waals surface area contributed by atoms with E-state index in [1.807, 2.05) is 32.0 Å². The quantitative estimate of drug-likeness (QED) is 0.585. The van der Waals surface area contributed by atoms with E-state index in [9.17, 15) is 0 Å². The summed E-state index contributed by atoms with van der Waals surface area (Å²) < 4.78 is 0. The Morgan fingerprint density at radius 2 is 2.08 bits per heavy atom. The maximum absolute atomic E-state index is 4.32. The Morgan fingerprint density at radius 3 is 2.92 bits per heavy atom. The highest BCUT2D eigenvalue weighted by Crippen LogP contribution is 2.12. The van der Waals surface area contributed by atoms with Gasteiger partial charge in [0.1, 0.15) is 6.20 Å². The molecule has 0 saturated carbocycles. The van der Waals surface area contributed by atoms with Crippen molar-refractivity contribution in [2.75, 3.05) is 0 Å². The van der Waals surface area contributed by atoms with E-state index in [0.717, 1.165) is 22.3 Å². The molecule has 0 atom stereocenters. The first kappa shape index (κ1) is 7.22. The van der Waals surface area contributed by atoms with Crippen LogP contribution in [0.15, 0.2) is 18.2 Å². The first-order valence-electron chi connectivity index (χ1n) is 3.89. The summed E-state index contributed by atoms with van der Waals surface area (Å²) in [5.41, 5.74) is 3.89. The summed E-state index contributed by atoms with van der Waals surface area (Å²) in [6.45, 7) is 3.93. The Bertz CT molecular complexity index is 421. The number of hydrogen-bond acceptors (Lipinski definition) is 2. The van der Waals surface area contributed by atoms with E-state index < -0.39 is 0 Å². The molecule has 0 aliphatic carbocycles. The van der Waals surface area contributed by atoms with Crippen LogP contribution >= 0.6 is 0 Å². The Kier molecular flexibility index (Phi) is 1.54. The fourth-order valence-corrected chi connectivity index (χ4v) is 1.22. The lowest BCUT2D eigenvalue weighted by Crippen LogP contribution is -1.89. The summed E-state index contributed by atoms with van der Waals surface area (Å²) in [5.74, 6) is 0.